The Morgan fingerprint density at radius 1 is 1.24 bits per heavy atom. The number of hydrogen-bond donors (Lipinski definition) is 1. The molecule has 1 aromatic carbocycles. The van der Waals surface area contributed by atoms with E-state index in [2.05, 4.69) is 27.6 Å². The van der Waals surface area contributed by atoms with E-state index in [9.17, 15) is 12.8 Å². The number of nitrogens with one attached hydrogen (secondary N) is 1. The van der Waals surface area contributed by atoms with E-state index in [0.29, 0.717) is 12.5 Å². The molecule has 0 aliphatic heterocycles. The zero-order valence-corrected chi connectivity index (χ0v) is 14.5. The Morgan fingerprint density at radius 2 is 1.86 bits per heavy atom. The topological polar surface area (TPSA) is 46.2 Å². The monoisotopic (exact) mass is 377 g/mol. The van der Waals surface area contributed by atoms with Crippen molar-refractivity contribution >= 4 is 26.0 Å². The van der Waals surface area contributed by atoms with Crippen LogP contribution in [0.4, 0.5) is 4.39 Å². The first-order valence-corrected chi connectivity index (χ1v) is 9.64. The van der Waals surface area contributed by atoms with Crippen molar-refractivity contribution in [3.8, 4) is 0 Å². The van der Waals surface area contributed by atoms with Crippen molar-refractivity contribution in [2.24, 2.45) is 11.8 Å². The van der Waals surface area contributed by atoms with Gasteiger partial charge in [0.05, 0.1) is 4.90 Å². The van der Waals surface area contributed by atoms with Crippen LogP contribution < -0.4 is 4.72 Å². The minimum absolute atomic E-state index is 0.0890. The number of rotatable bonds is 5. The quantitative estimate of drug-likeness (QED) is 0.839. The molecule has 0 saturated heterocycles. The molecule has 1 aliphatic carbocycles. The van der Waals surface area contributed by atoms with Crippen LogP contribution in [0.2, 0.25) is 0 Å². The van der Waals surface area contributed by atoms with Crippen LogP contribution in [0, 0.1) is 17.7 Å². The fourth-order valence-electron chi connectivity index (χ4n) is 2.84. The van der Waals surface area contributed by atoms with Crippen LogP contribution in [-0.4, -0.2) is 15.0 Å². The number of sulfonamides is 1. The molecular weight excluding hydrogens is 357 g/mol. The molecule has 1 aliphatic rings. The van der Waals surface area contributed by atoms with Gasteiger partial charge in [0.1, 0.15) is 5.82 Å². The first kappa shape index (κ1) is 16.9. The Labute approximate surface area is 134 Å². The van der Waals surface area contributed by atoms with Crippen LogP contribution in [0.15, 0.2) is 27.6 Å². The summed E-state index contributed by atoms with van der Waals surface area (Å²) in [4.78, 5) is 0.0890. The smallest absolute Gasteiger partial charge is 0.211 e. The van der Waals surface area contributed by atoms with Crippen molar-refractivity contribution in [3.63, 3.8) is 0 Å². The fourth-order valence-corrected chi connectivity index (χ4v) is 5.01. The molecule has 0 amide bonds. The van der Waals surface area contributed by atoms with Gasteiger partial charge in [0.15, 0.2) is 0 Å². The van der Waals surface area contributed by atoms with E-state index < -0.39 is 15.8 Å². The van der Waals surface area contributed by atoms with Gasteiger partial charge in [-0.05, 0) is 58.8 Å². The third kappa shape index (κ3) is 4.50. The van der Waals surface area contributed by atoms with Crippen molar-refractivity contribution in [2.75, 3.05) is 6.54 Å². The van der Waals surface area contributed by atoms with Crippen LogP contribution >= 0.6 is 15.9 Å². The van der Waals surface area contributed by atoms with Crippen LogP contribution in [0.5, 0.6) is 0 Å². The van der Waals surface area contributed by atoms with E-state index in [1.807, 2.05) is 0 Å². The summed E-state index contributed by atoms with van der Waals surface area (Å²) in [6.45, 7) is 2.67. The maximum Gasteiger partial charge on any atom is 0.241 e. The molecule has 1 N–H and O–H groups in total. The van der Waals surface area contributed by atoms with Gasteiger partial charge in [-0.25, -0.2) is 17.5 Å². The van der Waals surface area contributed by atoms with E-state index in [1.165, 1.54) is 31.4 Å². The highest BCUT2D eigenvalue weighted by Gasteiger charge is 2.23. The van der Waals surface area contributed by atoms with Crippen molar-refractivity contribution in [3.05, 3.63) is 28.5 Å². The lowest BCUT2D eigenvalue weighted by Gasteiger charge is -2.27. The maximum absolute atomic E-state index is 13.0. The fraction of sp³-hybridized carbons (Fsp3) is 0.600. The van der Waals surface area contributed by atoms with Gasteiger partial charge in [-0.2, -0.15) is 0 Å². The number of benzene rings is 1. The molecule has 0 unspecified atom stereocenters. The van der Waals surface area contributed by atoms with E-state index >= 15 is 0 Å². The first-order valence-electron chi connectivity index (χ1n) is 7.37. The van der Waals surface area contributed by atoms with Gasteiger partial charge in [-0.1, -0.05) is 26.2 Å². The summed E-state index contributed by atoms with van der Waals surface area (Å²) >= 11 is 3.11. The summed E-state index contributed by atoms with van der Waals surface area (Å²) in [5, 5.41) is 0. The van der Waals surface area contributed by atoms with Crippen molar-refractivity contribution < 1.29 is 12.8 Å². The highest BCUT2D eigenvalue weighted by molar-refractivity contribution is 9.10. The van der Waals surface area contributed by atoms with Crippen LogP contribution in [0.25, 0.3) is 0 Å². The zero-order valence-electron chi connectivity index (χ0n) is 12.1. The van der Waals surface area contributed by atoms with Gasteiger partial charge in [0.2, 0.25) is 10.0 Å². The predicted octanol–water partition coefficient (Wildman–Crippen LogP) is 4.08. The van der Waals surface area contributed by atoms with E-state index in [0.717, 1.165) is 24.8 Å². The van der Waals surface area contributed by atoms with Crippen LogP contribution in [0.3, 0.4) is 0 Å². The molecule has 1 aromatic rings. The van der Waals surface area contributed by atoms with E-state index in [4.69, 9.17) is 0 Å². The van der Waals surface area contributed by atoms with Crippen molar-refractivity contribution in [2.45, 2.75) is 43.9 Å². The molecule has 6 heteroatoms. The Kier molecular flexibility index (Phi) is 5.80. The maximum atomic E-state index is 13.0. The average Bonchev–Trinajstić information content (AvgIpc) is 2.45. The molecule has 0 bridgehead atoms. The predicted molar refractivity (Wildman–Crippen MR) is 85.0 cm³/mol. The largest absolute Gasteiger partial charge is 0.241 e. The van der Waals surface area contributed by atoms with Crippen molar-refractivity contribution in [1.29, 1.82) is 0 Å². The number of halogens is 2. The molecule has 21 heavy (non-hydrogen) atoms. The lowest BCUT2D eigenvalue weighted by Crippen LogP contribution is -2.31. The molecular formula is C15H21BrFNO2S. The van der Waals surface area contributed by atoms with E-state index in [-0.39, 0.29) is 9.37 Å². The van der Waals surface area contributed by atoms with Gasteiger partial charge in [-0.3, -0.25) is 0 Å². The van der Waals surface area contributed by atoms with Gasteiger partial charge >= 0.3 is 0 Å². The summed E-state index contributed by atoms with van der Waals surface area (Å²) in [7, 11) is -3.59. The summed E-state index contributed by atoms with van der Waals surface area (Å²) in [5.41, 5.74) is 0. The summed E-state index contributed by atoms with van der Waals surface area (Å²) in [5.74, 6) is 0.740. The second kappa shape index (κ2) is 7.20. The summed E-state index contributed by atoms with van der Waals surface area (Å²) < 4.78 is 40.5. The third-order valence-electron chi connectivity index (χ3n) is 4.29. The molecule has 0 atom stereocenters. The number of hydrogen-bond acceptors (Lipinski definition) is 2. The molecule has 118 valence electrons. The molecule has 1 fully saturated rings. The highest BCUT2D eigenvalue weighted by atomic mass is 79.9. The Morgan fingerprint density at radius 3 is 2.43 bits per heavy atom. The Balaban J connectivity index is 1.96. The third-order valence-corrected chi connectivity index (χ3v) is 6.69. The minimum Gasteiger partial charge on any atom is -0.211 e. The zero-order chi connectivity index (χ0) is 15.5. The molecule has 0 aromatic heterocycles. The first-order chi connectivity index (χ1) is 9.92. The van der Waals surface area contributed by atoms with Crippen LogP contribution in [0.1, 0.15) is 39.0 Å². The average molecular weight is 378 g/mol. The molecule has 1 saturated carbocycles. The van der Waals surface area contributed by atoms with Gasteiger partial charge in [0, 0.05) is 11.0 Å². The summed E-state index contributed by atoms with van der Waals surface area (Å²) in [6.07, 6.45) is 5.73. The molecule has 2 rings (SSSR count). The normalized spacial score (nSPS) is 23.2. The minimum atomic E-state index is -3.59. The molecule has 0 spiro atoms. The van der Waals surface area contributed by atoms with Gasteiger partial charge < -0.3 is 0 Å². The van der Waals surface area contributed by atoms with Crippen molar-refractivity contribution in [1.82, 2.24) is 4.72 Å². The molecule has 0 radical (unpaired) electrons. The SMILES string of the molecule is CCC1CCC(CNS(=O)(=O)c2ccc(F)cc2Br)CC1. The standard InChI is InChI=1S/C15H21BrFNO2S/c1-2-11-3-5-12(6-4-11)10-18-21(19,20)15-8-7-13(17)9-14(15)16/h7-9,11-12,18H,2-6,10H2,1H3. The second-order valence-electron chi connectivity index (χ2n) is 5.72. The Bertz CT molecular complexity index is 583. The van der Waals surface area contributed by atoms with Gasteiger partial charge in [-0.15, -0.1) is 0 Å². The molecule has 0 heterocycles. The highest BCUT2D eigenvalue weighted by Crippen LogP contribution is 2.30. The lowest BCUT2D eigenvalue weighted by molar-refractivity contribution is 0.270. The second-order valence-corrected chi connectivity index (χ2v) is 8.31. The Hall–Kier alpha value is -0.460. The molecule has 3 nitrogen and oxygen atoms in total. The lowest BCUT2D eigenvalue weighted by atomic mass is 9.81. The van der Waals surface area contributed by atoms with Gasteiger partial charge in [0.25, 0.3) is 0 Å². The van der Waals surface area contributed by atoms with E-state index in [1.54, 1.807) is 0 Å². The van der Waals surface area contributed by atoms with Crippen LogP contribution in [-0.2, 0) is 10.0 Å². The summed E-state index contributed by atoms with van der Waals surface area (Å²) in [6, 6.07) is 3.61.